The third-order valence-electron chi connectivity index (χ3n) is 5.96. The monoisotopic (exact) mass is 429 g/mol. The van der Waals surface area contributed by atoms with Gasteiger partial charge in [-0.05, 0) is 24.1 Å². The lowest BCUT2D eigenvalue weighted by molar-refractivity contribution is 0.0927. The Morgan fingerprint density at radius 2 is 2.06 bits per heavy atom. The number of fused-ring (bicyclic) bond motifs is 1. The van der Waals surface area contributed by atoms with Crippen molar-refractivity contribution in [2.45, 2.75) is 13.3 Å². The zero-order chi connectivity index (χ0) is 22.1. The summed E-state index contributed by atoms with van der Waals surface area (Å²) in [6.07, 6.45) is 4.28. The van der Waals surface area contributed by atoms with Gasteiger partial charge in [0.15, 0.2) is 11.5 Å². The van der Waals surface area contributed by atoms with Crippen molar-refractivity contribution < 1.29 is 13.6 Å². The number of oxazole rings is 1. The van der Waals surface area contributed by atoms with Crippen LogP contribution in [-0.4, -0.2) is 53.4 Å². The molecule has 1 aliphatic heterocycles. The molecular weight excluding hydrogens is 406 g/mol. The average Bonchev–Trinajstić information content (AvgIpc) is 3.58. The molecular formula is C24H23N5O3. The molecule has 0 atom stereocenters. The third-order valence-corrected chi connectivity index (χ3v) is 5.96. The van der Waals surface area contributed by atoms with Crippen LogP contribution >= 0.6 is 0 Å². The molecule has 1 aromatic carbocycles. The number of nitriles is 1. The number of H-pyrrole nitrogens is 1. The number of aromatic nitrogens is 2. The molecule has 0 aliphatic carbocycles. The van der Waals surface area contributed by atoms with Crippen LogP contribution in [0.4, 0.5) is 5.88 Å². The van der Waals surface area contributed by atoms with Gasteiger partial charge in [0.25, 0.3) is 5.89 Å². The number of hydrogen-bond acceptors (Lipinski definition) is 7. The molecule has 32 heavy (non-hydrogen) atoms. The lowest BCUT2D eigenvalue weighted by Crippen LogP contribution is -2.48. The minimum atomic E-state index is 0.107. The number of rotatable bonds is 6. The maximum absolute atomic E-state index is 13.0. The van der Waals surface area contributed by atoms with E-state index in [0.29, 0.717) is 50.3 Å². The van der Waals surface area contributed by atoms with Gasteiger partial charge < -0.3 is 18.7 Å². The molecule has 162 valence electrons. The van der Waals surface area contributed by atoms with Crippen LogP contribution in [0.15, 0.2) is 51.6 Å². The Hall–Kier alpha value is -3.83. The van der Waals surface area contributed by atoms with Crippen LogP contribution in [0.1, 0.15) is 28.5 Å². The average molecular weight is 429 g/mol. The van der Waals surface area contributed by atoms with E-state index in [1.807, 2.05) is 23.2 Å². The van der Waals surface area contributed by atoms with Crippen molar-refractivity contribution in [3.05, 3.63) is 59.6 Å². The zero-order valence-corrected chi connectivity index (χ0v) is 17.8. The van der Waals surface area contributed by atoms with Gasteiger partial charge in [0.2, 0.25) is 11.6 Å². The first-order chi connectivity index (χ1) is 15.7. The lowest BCUT2D eigenvalue weighted by Gasteiger charge is -2.34. The Balaban J connectivity index is 1.26. The van der Waals surface area contributed by atoms with Crippen molar-refractivity contribution >= 4 is 22.6 Å². The normalized spacial score (nSPS) is 14.7. The fraction of sp³-hybridized carbons (Fsp3) is 0.292. The van der Waals surface area contributed by atoms with E-state index in [4.69, 9.17) is 8.83 Å². The van der Waals surface area contributed by atoms with Crippen molar-refractivity contribution in [3.63, 3.8) is 0 Å². The van der Waals surface area contributed by atoms with Gasteiger partial charge in [0.1, 0.15) is 6.07 Å². The molecule has 3 aromatic heterocycles. The maximum atomic E-state index is 13.0. The number of para-hydroxylation sites is 1. The Morgan fingerprint density at radius 3 is 2.78 bits per heavy atom. The molecule has 0 saturated carbocycles. The second-order valence-corrected chi connectivity index (χ2v) is 7.84. The summed E-state index contributed by atoms with van der Waals surface area (Å²) in [5, 5.41) is 10.5. The number of carbonyl (C=O) groups is 1. The molecule has 0 unspecified atom stereocenters. The fourth-order valence-corrected chi connectivity index (χ4v) is 4.24. The lowest BCUT2D eigenvalue weighted by atomic mass is 10.0. The van der Waals surface area contributed by atoms with E-state index in [9.17, 15) is 10.1 Å². The molecule has 0 radical (unpaired) electrons. The van der Waals surface area contributed by atoms with Gasteiger partial charge in [0.05, 0.1) is 12.8 Å². The van der Waals surface area contributed by atoms with Crippen LogP contribution in [0.5, 0.6) is 0 Å². The molecule has 0 bridgehead atoms. The minimum absolute atomic E-state index is 0.107. The summed E-state index contributed by atoms with van der Waals surface area (Å²) < 4.78 is 11.2. The number of furan rings is 1. The van der Waals surface area contributed by atoms with Gasteiger partial charge in [-0.15, -0.1) is 0 Å². The summed E-state index contributed by atoms with van der Waals surface area (Å²) in [7, 11) is 0. The summed E-state index contributed by atoms with van der Waals surface area (Å²) in [4.78, 5) is 24.7. The predicted octanol–water partition coefficient (Wildman–Crippen LogP) is 3.85. The number of benzene rings is 1. The molecule has 8 nitrogen and oxygen atoms in total. The number of piperazine rings is 1. The van der Waals surface area contributed by atoms with Gasteiger partial charge in [-0.2, -0.15) is 10.2 Å². The molecule has 1 aliphatic rings. The van der Waals surface area contributed by atoms with Gasteiger partial charge in [-0.3, -0.25) is 9.69 Å². The highest BCUT2D eigenvalue weighted by Crippen LogP contribution is 2.29. The molecule has 4 heterocycles. The number of nitrogens with one attached hydrogen (secondary N) is 1. The molecule has 4 aromatic rings. The standard InChI is InChI=1S/C24H23N5O3/c1-2-16-5-3-6-17-18(14-26-22(16)17)20(30)15-28-8-10-29(11-9-28)24-19(13-25)27-23(32-24)21-7-4-12-31-21/h3-7,12,14,26H,2,8-11,15H2,1H3. The quantitative estimate of drug-likeness (QED) is 0.464. The van der Waals surface area contributed by atoms with E-state index in [2.05, 4.69) is 33.9 Å². The maximum Gasteiger partial charge on any atom is 0.266 e. The molecule has 8 heteroatoms. The van der Waals surface area contributed by atoms with E-state index in [1.54, 1.807) is 12.1 Å². The van der Waals surface area contributed by atoms with Crippen molar-refractivity contribution in [3.8, 4) is 17.7 Å². The number of ketones is 1. The smallest absolute Gasteiger partial charge is 0.266 e. The number of carbonyl (C=O) groups excluding carboxylic acids is 1. The highest BCUT2D eigenvalue weighted by atomic mass is 16.4. The molecule has 1 saturated heterocycles. The molecule has 5 rings (SSSR count). The van der Waals surface area contributed by atoms with E-state index in [1.165, 1.54) is 11.8 Å². The number of anilines is 1. The SMILES string of the molecule is CCc1cccc2c(C(=O)CN3CCN(c4oc(-c5ccco5)nc4C#N)CC3)c[nH]c12. The minimum Gasteiger partial charge on any atom is -0.459 e. The van der Waals surface area contributed by atoms with Crippen molar-refractivity contribution in [2.75, 3.05) is 37.6 Å². The third kappa shape index (κ3) is 3.57. The van der Waals surface area contributed by atoms with E-state index in [-0.39, 0.29) is 11.5 Å². The van der Waals surface area contributed by atoms with Crippen LogP contribution in [0, 0.1) is 11.3 Å². The Bertz CT molecular complexity index is 1290. The fourth-order valence-electron chi connectivity index (χ4n) is 4.24. The molecule has 0 spiro atoms. The van der Waals surface area contributed by atoms with Crippen molar-refractivity contribution in [1.82, 2.24) is 14.9 Å². The van der Waals surface area contributed by atoms with Gasteiger partial charge in [-0.25, -0.2) is 0 Å². The predicted molar refractivity (Wildman–Crippen MR) is 120 cm³/mol. The van der Waals surface area contributed by atoms with Crippen LogP contribution in [-0.2, 0) is 6.42 Å². The summed E-state index contributed by atoms with van der Waals surface area (Å²) in [5.41, 5.74) is 3.24. The molecule has 1 fully saturated rings. The highest BCUT2D eigenvalue weighted by molar-refractivity contribution is 6.09. The number of aromatic amines is 1. The Labute approximate surface area is 185 Å². The number of nitrogens with zero attached hydrogens (tertiary/aromatic N) is 4. The van der Waals surface area contributed by atoms with Crippen LogP contribution in [0.2, 0.25) is 0 Å². The van der Waals surface area contributed by atoms with E-state index >= 15 is 0 Å². The topological polar surface area (TPSA) is 102 Å². The largest absolute Gasteiger partial charge is 0.459 e. The Kier molecular flexibility index (Phi) is 5.25. The van der Waals surface area contributed by atoms with Gasteiger partial charge in [-0.1, -0.05) is 25.1 Å². The number of hydrogen-bond donors (Lipinski definition) is 1. The van der Waals surface area contributed by atoms with Crippen molar-refractivity contribution in [2.24, 2.45) is 0 Å². The Morgan fingerprint density at radius 1 is 1.22 bits per heavy atom. The van der Waals surface area contributed by atoms with Gasteiger partial charge in [0, 0.05) is 48.8 Å². The van der Waals surface area contributed by atoms with Crippen LogP contribution in [0.25, 0.3) is 22.6 Å². The van der Waals surface area contributed by atoms with Gasteiger partial charge >= 0.3 is 0 Å². The summed E-state index contributed by atoms with van der Waals surface area (Å²) in [6, 6.07) is 11.7. The van der Waals surface area contributed by atoms with Crippen molar-refractivity contribution in [1.29, 1.82) is 5.26 Å². The van der Waals surface area contributed by atoms with Crippen LogP contribution in [0.3, 0.4) is 0 Å². The van der Waals surface area contributed by atoms with E-state index < -0.39 is 0 Å². The van der Waals surface area contributed by atoms with E-state index in [0.717, 1.165) is 22.9 Å². The summed E-state index contributed by atoms with van der Waals surface area (Å²) in [6.45, 7) is 5.13. The first-order valence-electron chi connectivity index (χ1n) is 10.7. The molecule has 1 N–H and O–H groups in total. The first-order valence-corrected chi connectivity index (χ1v) is 10.7. The second kappa shape index (κ2) is 8.36. The molecule has 0 amide bonds. The first kappa shape index (κ1) is 20.1. The highest BCUT2D eigenvalue weighted by Gasteiger charge is 2.26. The number of aryl methyl sites for hydroxylation is 1. The summed E-state index contributed by atoms with van der Waals surface area (Å²) in [5.74, 6) is 1.34. The summed E-state index contributed by atoms with van der Waals surface area (Å²) >= 11 is 0. The van der Waals surface area contributed by atoms with Crippen LogP contribution < -0.4 is 4.90 Å². The zero-order valence-electron chi connectivity index (χ0n) is 17.8. The number of Topliss-reactive ketones (excluding diaryl/α,β-unsaturated/α-hetero) is 1. The second-order valence-electron chi connectivity index (χ2n) is 7.84.